The Morgan fingerprint density at radius 2 is 2.14 bits per heavy atom. The third kappa shape index (κ3) is 3.52. The van der Waals surface area contributed by atoms with Crippen molar-refractivity contribution in [1.29, 1.82) is 0 Å². The average molecular weight is 195 g/mol. The van der Waals surface area contributed by atoms with E-state index in [0.717, 1.165) is 18.5 Å². The molecule has 1 fully saturated rings. The van der Waals surface area contributed by atoms with Crippen molar-refractivity contribution in [3.8, 4) is 0 Å². The summed E-state index contributed by atoms with van der Waals surface area (Å²) in [6, 6.07) is 0. The van der Waals surface area contributed by atoms with Crippen LogP contribution in [0.5, 0.6) is 0 Å². The van der Waals surface area contributed by atoms with Gasteiger partial charge in [0.25, 0.3) is 0 Å². The Bertz CT molecular complexity index is 226. The Morgan fingerprint density at radius 1 is 1.50 bits per heavy atom. The van der Waals surface area contributed by atoms with Crippen LogP contribution in [0.3, 0.4) is 0 Å². The normalized spacial score (nSPS) is 17.3. The van der Waals surface area contributed by atoms with Gasteiger partial charge in [0.05, 0.1) is 0 Å². The van der Waals surface area contributed by atoms with Crippen LogP contribution in [0.2, 0.25) is 0 Å². The smallest absolute Gasteiger partial charge is 0.247 e. The van der Waals surface area contributed by atoms with Crippen LogP contribution in [-0.2, 0) is 4.79 Å². The van der Waals surface area contributed by atoms with E-state index in [2.05, 4.69) is 32.2 Å². The van der Waals surface area contributed by atoms with Gasteiger partial charge in [-0.05, 0) is 31.1 Å². The molecule has 0 heterocycles. The van der Waals surface area contributed by atoms with Crippen molar-refractivity contribution in [1.82, 2.24) is 5.32 Å². The fourth-order valence-corrected chi connectivity index (χ4v) is 1.49. The van der Waals surface area contributed by atoms with Gasteiger partial charge in [-0.1, -0.05) is 26.8 Å². The molecule has 14 heavy (non-hydrogen) atoms. The number of allylic oxidation sites excluding steroid dienone is 1. The summed E-state index contributed by atoms with van der Waals surface area (Å²) in [6.45, 7) is 7.11. The summed E-state index contributed by atoms with van der Waals surface area (Å²) in [5, 5.41) is 2.95. The largest absolute Gasteiger partial charge is 0.352 e. The number of hydrogen-bond donors (Lipinski definition) is 1. The van der Waals surface area contributed by atoms with Crippen LogP contribution in [0.4, 0.5) is 0 Å². The summed E-state index contributed by atoms with van der Waals surface area (Å²) < 4.78 is 0. The number of rotatable bonds is 5. The van der Waals surface area contributed by atoms with Crippen molar-refractivity contribution < 1.29 is 4.79 Å². The van der Waals surface area contributed by atoms with E-state index in [4.69, 9.17) is 0 Å². The first-order chi connectivity index (χ1) is 6.65. The molecule has 0 aliphatic heterocycles. The molecule has 1 saturated carbocycles. The summed E-state index contributed by atoms with van der Waals surface area (Å²) >= 11 is 0. The lowest BCUT2D eigenvalue weighted by Gasteiger charge is -2.08. The molecule has 0 aromatic carbocycles. The topological polar surface area (TPSA) is 29.1 Å². The summed E-state index contributed by atoms with van der Waals surface area (Å²) in [5.41, 5.74) is 1.02. The van der Waals surface area contributed by atoms with Gasteiger partial charge >= 0.3 is 0 Å². The van der Waals surface area contributed by atoms with Gasteiger partial charge in [-0.3, -0.25) is 4.79 Å². The lowest BCUT2D eigenvalue weighted by molar-refractivity contribution is -0.117. The third-order valence-corrected chi connectivity index (χ3v) is 2.33. The molecule has 80 valence electrons. The van der Waals surface area contributed by atoms with Crippen LogP contribution in [0, 0.1) is 11.8 Å². The predicted molar refractivity (Wildman–Crippen MR) is 58.9 cm³/mol. The average Bonchev–Trinajstić information content (AvgIpc) is 2.93. The van der Waals surface area contributed by atoms with E-state index in [0.29, 0.717) is 11.8 Å². The van der Waals surface area contributed by atoms with Crippen molar-refractivity contribution in [3.05, 3.63) is 11.6 Å². The van der Waals surface area contributed by atoms with Crippen molar-refractivity contribution in [2.75, 3.05) is 6.54 Å². The number of hydrogen-bond acceptors (Lipinski definition) is 1. The Morgan fingerprint density at radius 3 is 2.57 bits per heavy atom. The highest BCUT2D eigenvalue weighted by molar-refractivity contribution is 5.94. The first-order valence-electron chi connectivity index (χ1n) is 5.65. The minimum Gasteiger partial charge on any atom is -0.352 e. The van der Waals surface area contributed by atoms with Crippen LogP contribution in [0.25, 0.3) is 0 Å². The summed E-state index contributed by atoms with van der Waals surface area (Å²) in [7, 11) is 0. The summed E-state index contributed by atoms with van der Waals surface area (Å²) in [4.78, 5) is 11.7. The standard InChI is InChI=1S/C12H21NO/c1-4-7-13-12(14)11(8-9(2)3)10-5-6-10/h8-10H,4-7H2,1-3H3,(H,13,14). The monoisotopic (exact) mass is 195 g/mol. The van der Waals surface area contributed by atoms with Gasteiger partial charge in [-0.15, -0.1) is 0 Å². The lowest BCUT2D eigenvalue weighted by atomic mass is 10.0. The van der Waals surface area contributed by atoms with Crippen LogP contribution >= 0.6 is 0 Å². The van der Waals surface area contributed by atoms with E-state index in [-0.39, 0.29) is 5.91 Å². The highest BCUT2D eigenvalue weighted by Gasteiger charge is 2.30. The molecule has 0 aromatic rings. The summed E-state index contributed by atoms with van der Waals surface area (Å²) in [6.07, 6.45) is 5.50. The van der Waals surface area contributed by atoms with Gasteiger partial charge in [0.1, 0.15) is 0 Å². The van der Waals surface area contributed by atoms with Crippen molar-refractivity contribution in [2.45, 2.75) is 40.0 Å². The number of carbonyl (C=O) groups is 1. The molecule has 2 nitrogen and oxygen atoms in total. The summed E-state index contributed by atoms with van der Waals surface area (Å²) in [5.74, 6) is 1.18. The molecule has 1 aliphatic rings. The molecule has 0 spiro atoms. The molecular weight excluding hydrogens is 174 g/mol. The van der Waals surface area contributed by atoms with E-state index in [1.165, 1.54) is 12.8 Å². The molecule has 1 N–H and O–H groups in total. The van der Waals surface area contributed by atoms with Crippen LogP contribution in [-0.4, -0.2) is 12.5 Å². The zero-order valence-corrected chi connectivity index (χ0v) is 9.47. The highest BCUT2D eigenvalue weighted by Crippen LogP contribution is 2.37. The predicted octanol–water partition coefficient (Wildman–Crippen LogP) is 2.51. The quantitative estimate of drug-likeness (QED) is 0.671. The Kier molecular flexibility index (Phi) is 4.18. The molecule has 0 bridgehead atoms. The molecule has 1 rings (SSSR count). The minimum atomic E-state index is 0.156. The second-order valence-electron chi connectivity index (χ2n) is 4.40. The fourth-order valence-electron chi connectivity index (χ4n) is 1.49. The van der Waals surface area contributed by atoms with E-state index < -0.39 is 0 Å². The maximum absolute atomic E-state index is 11.7. The van der Waals surface area contributed by atoms with Gasteiger partial charge in [-0.25, -0.2) is 0 Å². The van der Waals surface area contributed by atoms with E-state index in [1.807, 2.05) is 0 Å². The van der Waals surface area contributed by atoms with Crippen LogP contribution in [0.15, 0.2) is 11.6 Å². The third-order valence-electron chi connectivity index (χ3n) is 2.33. The first-order valence-corrected chi connectivity index (χ1v) is 5.65. The fraction of sp³-hybridized carbons (Fsp3) is 0.750. The number of carbonyl (C=O) groups excluding carboxylic acids is 1. The SMILES string of the molecule is CCCNC(=O)C(=CC(C)C)C1CC1. The Balaban J connectivity index is 2.53. The second-order valence-corrected chi connectivity index (χ2v) is 4.40. The van der Waals surface area contributed by atoms with Crippen molar-refractivity contribution in [3.63, 3.8) is 0 Å². The maximum atomic E-state index is 11.7. The van der Waals surface area contributed by atoms with E-state index >= 15 is 0 Å². The van der Waals surface area contributed by atoms with Crippen LogP contribution < -0.4 is 5.32 Å². The first kappa shape index (κ1) is 11.3. The van der Waals surface area contributed by atoms with E-state index in [9.17, 15) is 4.79 Å². The minimum absolute atomic E-state index is 0.156. The molecule has 0 unspecified atom stereocenters. The van der Waals surface area contributed by atoms with Gasteiger partial charge in [-0.2, -0.15) is 0 Å². The molecule has 0 saturated heterocycles. The maximum Gasteiger partial charge on any atom is 0.247 e. The Hall–Kier alpha value is -0.790. The molecule has 0 aromatic heterocycles. The molecular formula is C12H21NO. The zero-order chi connectivity index (χ0) is 10.6. The lowest BCUT2D eigenvalue weighted by Crippen LogP contribution is -2.26. The van der Waals surface area contributed by atoms with Gasteiger partial charge in [0, 0.05) is 12.1 Å². The van der Waals surface area contributed by atoms with Gasteiger partial charge in [0.15, 0.2) is 0 Å². The number of amides is 1. The van der Waals surface area contributed by atoms with Gasteiger partial charge < -0.3 is 5.32 Å². The second kappa shape index (κ2) is 5.18. The molecule has 1 amide bonds. The van der Waals surface area contributed by atoms with Crippen LogP contribution in [0.1, 0.15) is 40.0 Å². The number of nitrogens with one attached hydrogen (secondary N) is 1. The molecule has 0 atom stereocenters. The van der Waals surface area contributed by atoms with Crippen molar-refractivity contribution in [2.24, 2.45) is 11.8 Å². The Labute approximate surface area is 86.8 Å². The van der Waals surface area contributed by atoms with Gasteiger partial charge in [0.2, 0.25) is 5.91 Å². The van der Waals surface area contributed by atoms with Crippen molar-refractivity contribution >= 4 is 5.91 Å². The molecule has 1 aliphatic carbocycles. The molecule has 2 heteroatoms. The van der Waals surface area contributed by atoms with E-state index in [1.54, 1.807) is 0 Å². The molecule has 0 radical (unpaired) electrons. The highest BCUT2D eigenvalue weighted by atomic mass is 16.1. The zero-order valence-electron chi connectivity index (χ0n) is 9.47.